The Morgan fingerprint density at radius 2 is 1.96 bits per heavy atom. The number of hydrogen-bond acceptors (Lipinski definition) is 5. The number of para-hydroxylation sites is 1. The van der Waals surface area contributed by atoms with E-state index < -0.39 is 5.72 Å². The molecule has 28 heavy (non-hydrogen) atoms. The van der Waals surface area contributed by atoms with E-state index in [-0.39, 0.29) is 12.1 Å². The maximum Gasteiger partial charge on any atom is 0.325 e. The Kier molecular flexibility index (Phi) is 4.45. The number of hydrogen-bond donors (Lipinski definition) is 1. The molecule has 2 amide bonds. The number of carbonyl (C=O) groups excluding carboxylic acids is 1. The van der Waals surface area contributed by atoms with Gasteiger partial charge in [-0.1, -0.05) is 12.1 Å². The van der Waals surface area contributed by atoms with E-state index in [1.165, 1.54) is 0 Å². The molecule has 0 spiro atoms. The number of fused-ring (bicyclic) bond motifs is 4. The highest BCUT2D eigenvalue weighted by Crippen LogP contribution is 2.49. The highest BCUT2D eigenvalue weighted by atomic mass is 16.5. The zero-order valence-corrected chi connectivity index (χ0v) is 16.4. The lowest BCUT2D eigenvalue weighted by molar-refractivity contribution is 0.0343. The van der Waals surface area contributed by atoms with E-state index in [9.17, 15) is 4.79 Å². The molecule has 2 aliphatic heterocycles. The maximum absolute atomic E-state index is 13.0. The van der Waals surface area contributed by atoms with E-state index in [4.69, 9.17) is 18.9 Å². The summed E-state index contributed by atoms with van der Waals surface area (Å²) in [5.41, 5.74) is 0.726. The highest BCUT2D eigenvalue weighted by molar-refractivity contribution is 5.95. The van der Waals surface area contributed by atoms with Gasteiger partial charge in [-0.3, -0.25) is 4.90 Å². The molecule has 2 aromatic rings. The predicted octanol–water partition coefficient (Wildman–Crippen LogP) is 3.87. The van der Waals surface area contributed by atoms with E-state index >= 15 is 0 Å². The van der Waals surface area contributed by atoms with Crippen LogP contribution in [0.15, 0.2) is 36.4 Å². The molecule has 0 aliphatic carbocycles. The van der Waals surface area contributed by atoms with Crippen LogP contribution in [-0.4, -0.2) is 32.6 Å². The molecule has 7 heteroatoms. The molecular formula is C21H24N2O5. The van der Waals surface area contributed by atoms with Gasteiger partial charge >= 0.3 is 6.03 Å². The Morgan fingerprint density at radius 3 is 2.68 bits per heavy atom. The number of nitrogens with zero attached hydrogens (tertiary/aromatic N) is 1. The predicted molar refractivity (Wildman–Crippen MR) is 105 cm³/mol. The van der Waals surface area contributed by atoms with Crippen LogP contribution in [0.4, 0.5) is 10.5 Å². The number of rotatable bonds is 5. The molecule has 7 nitrogen and oxygen atoms in total. The van der Waals surface area contributed by atoms with Crippen LogP contribution in [0.25, 0.3) is 0 Å². The Bertz CT molecular complexity index is 916. The molecule has 2 bridgehead atoms. The summed E-state index contributed by atoms with van der Waals surface area (Å²) in [6.07, 6.45) is 0.607. The smallest absolute Gasteiger partial charge is 0.325 e. The standard InChI is InChI=1S/C21H24N2O5/c1-5-27-17-8-6-7-14-15-12-21(2,28-19(14)17)23(20(24)22-15)13-9-10-16(25-3)18(11-13)26-4/h6-11,15H,5,12H2,1-4H3,(H,22,24)/t15-,21+/m0/s1. The largest absolute Gasteiger partial charge is 0.493 e. The van der Waals surface area contributed by atoms with Crippen molar-refractivity contribution < 1.29 is 23.7 Å². The minimum Gasteiger partial charge on any atom is -0.493 e. The lowest BCUT2D eigenvalue weighted by Crippen LogP contribution is -2.65. The van der Waals surface area contributed by atoms with Gasteiger partial charge in [0.05, 0.1) is 32.6 Å². The Hall–Kier alpha value is -3.09. The molecule has 2 heterocycles. The monoisotopic (exact) mass is 384 g/mol. The minimum atomic E-state index is -0.868. The summed E-state index contributed by atoms with van der Waals surface area (Å²) in [7, 11) is 3.14. The highest BCUT2D eigenvalue weighted by Gasteiger charge is 2.50. The van der Waals surface area contributed by atoms with Gasteiger partial charge in [0.2, 0.25) is 0 Å². The molecule has 0 aromatic heterocycles. The fourth-order valence-electron chi connectivity index (χ4n) is 3.98. The summed E-state index contributed by atoms with van der Waals surface area (Å²) in [6, 6.07) is 10.8. The molecule has 4 rings (SSSR count). The summed E-state index contributed by atoms with van der Waals surface area (Å²) in [4.78, 5) is 14.6. The first-order chi connectivity index (χ1) is 13.5. The fourth-order valence-corrected chi connectivity index (χ4v) is 3.98. The van der Waals surface area contributed by atoms with Gasteiger partial charge in [-0.15, -0.1) is 0 Å². The van der Waals surface area contributed by atoms with E-state index in [0.29, 0.717) is 41.7 Å². The summed E-state index contributed by atoms with van der Waals surface area (Å²) in [5, 5.41) is 3.09. The number of urea groups is 1. The van der Waals surface area contributed by atoms with Gasteiger partial charge in [0, 0.05) is 18.1 Å². The summed E-state index contributed by atoms with van der Waals surface area (Å²) < 4.78 is 22.9. The first-order valence-electron chi connectivity index (χ1n) is 9.28. The number of ether oxygens (including phenoxy) is 4. The molecule has 1 fully saturated rings. The minimum absolute atomic E-state index is 0.141. The van der Waals surface area contributed by atoms with Crippen LogP contribution in [0, 0.1) is 0 Å². The first kappa shape index (κ1) is 18.3. The van der Waals surface area contributed by atoms with E-state index in [1.54, 1.807) is 31.3 Å². The van der Waals surface area contributed by atoms with Gasteiger partial charge in [-0.05, 0) is 32.0 Å². The fraction of sp³-hybridized carbons (Fsp3) is 0.381. The van der Waals surface area contributed by atoms with Crippen molar-refractivity contribution in [3.8, 4) is 23.0 Å². The van der Waals surface area contributed by atoms with Crippen molar-refractivity contribution in [1.29, 1.82) is 0 Å². The zero-order valence-electron chi connectivity index (χ0n) is 16.4. The van der Waals surface area contributed by atoms with Crippen molar-refractivity contribution in [3.05, 3.63) is 42.0 Å². The van der Waals surface area contributed by atoms with Crippen molar-refractivity contribution in [2.45, 2.75) is 32.0 Å². The van der Waals surface area contributed by atoms with Crippen LogP contribution in [-0.2, 0) is 0 Å². The Morgan fingerprint density at radius 1 is 1.18 bits per heavy atom. The summed E-state index contributed by atoms with van der Waals surface area (Å²) in [6.45, 7) is 4.39. The number of carbonyl (C=O) groups is 1. The van der Waals surface area contributed by atoms with Crippen LogP contribution in [0.1, 0.15) is 31.9 Å². The van der Waals surface area contributed by atoms with Crippen LogP contribution >= 0.6 is 0 Å². The van der Waals surface area contributed by atoms with E-state index in [1.807, 2.05) is 38.1 Å². The molecular weight excluding hydrogens is 360 g/mol. The molecule has 2 aliphatic rings. The average Bonchev–Trinajstić information content (AvgIpc) is 2.68. The van der Waals surface area contributed by atoms with Gasteiger partial charge in [0.25, 0.3) is 0 Å². The molecule has 0 saturated carbocycles. The summed E-state index contributed by atoms with van der Waals surface area (Å²) in [5.74, 6) is 2.50. The van der Waals surface area contributed by atoms with Crippen LogP contribution in [0.3, 0.4) is 0 Å². The summed E-state index contributed by atoms with van der Waals surface area (Å²) >= 11 is 0. The number of nitrogens with one attached hydrogen (secondary N) is 1. The molecule has 148 valence electrons. The lowest BCUT2D eigenvalue weighted by Gasteiger charge is -2.50. The van der Waals surface area contributed by atoms with Crippen LogP contribution in [0.2, 0.25) is 0 Å². The normalized spacial score (nSPS) is 22.6. The maximum atomic E-state index is 13.0. The van der Waals surface area contributed by atoms with Crippen molar-refractivity contribution in [2.75, 3.05) is 25.7 Å². The second-order valence-corrected chi connectivity index (χ2v) is 6.97. The molecule has 1 N–H and O–H groups in total. The molecule has 0 unspecified atom stereocenters. The Labute approximate surface area is 164 Å². The molecule has 1 saturated heterocycles. The molecule has 0 radical (unpaired) electrons. The second kappa shape index (κ2) is 6.82. The van der Waals surface area contributed by atoms with Crippen molar-refractivity contribution in [1.82, 2.24) is 5.32 Å². The quantitative estimate of drug-likeness (QED) is 0.847. The average molecular weight is 384 g/mol. The van der Waals surface area contributed by atoms with Crippen LogP contribution < -0.4 is 29.2 Å². The molecule has 2 atom stereocenters. The lowest BCUT2D eigenvalue weighted by atomic mass is 9.90. The first-order valence-corrected chi connectivity index (χ1v) is 9.28. The van der Waals surface area contributed by atoms with Crippen molar-refractivity contribution in [3.63, 3.8) is 0 Å². The number of methoxy groups -OCH3 is 2. The third-order valence-electron chi connectivity index (χ3n) is 5.19. The third kappa shape index (κ3) is 2.78. The number of amides is 2. The SMILES string of the molecule is CCOc1cccc2c1O[C@]1(C)C[C@@H]2NC(=O)N1c1ccc(OC)c(OC)c1. The van der Waals surface area contributed by atoms with Gasteiger partial charge in [-0.2, -0.15) is 0 Å². The van der Waals surface area contributed by atoms with E-state index in [0.717, 1.165) is 5.56 Å². The Balaban J connectivity index is 1.78. The van der Waals surface area contributed by atoms with E-state index in [2.05, 4.69) is 5.32 Å². The molecule has 2 aromatic carbocycles. The second-order valence-electron chi connectivity index (χ2n) is 6.97. The van der Waals surface area contributed by atoms with Crippen molar-refractivity contribution in [2.24, 2.45) is 0 Å². The van der Waals surface area contributed by atoms with Crippen molar-refractivity contribution >= 4 is 11.7 Å². The number of anilines is 1. The van der Waals surface area contributed by atoms with Crippen LogP contribution in [0.5, 0.6) is 23.0 Å². The van der Waals surface area contributed by atoms with Gasteiger partial charge in [0.1, 0.15) is 0 Å². The zero-order chi connectivity index (χ0) is 19.9. The van der Waals surface area contributed by atoms with Gasteiger partial charge < -0.3 is 24.3 Å². The number of benzene rings is 2. The topological polar surface area (TPSA) is 69.3 Å². The third-order valence-corrected chi connectivity index (χ3v) is 5.19. The van der Waals surface area contributed by atoms with Gasteiger partial charge in [-0.25, -0.2) is 4.79 Å². The van der Waals surface area contributed by atoms with Gasteiger partial charge in [0.15, 0.2) is 28.7 Å².